The monoisotopic (exact) mass is 617 g/mol. The van der Waals surface area contributed by atoms with Gasteiger partial charge in [-0.2, -0.15) is 0 Å². The Morgan fingerprint density at radius 3 is 1.85 bits per heavy atom. The summed E-state index contributed by atoms with van der Waals surface area (Å²) in [5.74, 6) is 0. The van der Waals surface area contributed by atoms with E-state index in [2.05, 4.69) is 125 Å². The Balaban J connectivity index is 1.19. The van der Waals surface area contributed by atoms with Crippen LogP contribution >= 0.6 is 0 Å². The Bertz CT molecular complexity index is 2800. The lowest BCUT2D eigenvalue weighted by atomic mass is 9.95. The minimum absolute atomic E-state index is 0.187. The van der Waals surface area contributed by atoms with Crippen molar-refractivity contribution < 1.29 is 6.85 Å². The van der Waals surface area contributed by atoms with E-state index in [9.17, 15) is 0 Å². The van der Waals surface area contributed by atoms with E-state index in [-0.39, 0.29) is 29.7 Å². The molecule has 0 bridgehead atoms. The normalized spacial score (nSPS) is 12.8. The maximum Gasteiger partial charge on any atom is 0.0629 e. The maximum atomic E-state index is 8.50. The van der Waals surface area contributed by atoms with Crippen molar-refractivity contribution in [3.63, 3.8) is 0 Å². The molecule has 0 amide bonds. The standard InChI is InChI=1S/C46H32N2/c1-4-14-33(15-5-1)34-26-29-38(30-27-34)47(36-16-6-2-7-17-36)44-25-13-22-40-39(21-12-23-41(40)44)35-28-31-46-43(32-35)42-20-10-11-24-45(42)48(46)37-18-8-3-9-19-37/h1-32H/i1D,4D,5D,14D,15D. The van der Waals surface area contributed by atoms with Crippen LogP contribution in [0.5, 0.6) is 0 Å². The number of anilines is 3. The van der Waals surface area contributed by atoms with Gasteiger partial charge in [0.05, 0.1) is 23.6 Å². The first kappa shape index (κ1) is 23.0. The molecule has 0 atom stereocenters. The number of aromatic nitrogens is 1. The minimum atomic E-state index is -0.398. The molecule has 1 heterocycles. The summed E-state index contributed by atoms with van der Waals surface area (Å²) >= 11 is 0. The molecule has 0 aliphatic heterocycles. The Morgan fingerprint density at radius 1 is 0.417 bits per heavy atom. The number of nitrogens with zero attached hydrogens (tertiary/aromatic N) is 2. The zero-order chi connectivity index (χ0) is 36.2. The highest BCUT2D eigenvalue weighted by Gasteiger charge is 2.18. The van der Waals surface area contributed by atoms with Crippen LogP contribution in [0, 0.1) is 0 Å². The molecule has 0 fully saturated rings. The fraction of sp³-hybridized carbons (Fsp3) is 0. The van der Waals surface area contributed by atoms with Gasteiger partial charge in [-0.3, -0.25) is 0 Å². The van der Waals surface area contributed by atoms with Crippen LogP contribution in [-0.4, -0.2) is 4.57 Å². The molecule has 0 aliphatic carbocycles. The van der Waals surface area contributed by atoms with Crippen molar-refractivity contribution in [1.82, 2.24) is 4.57 Å². The molecular weight excluding hydrogens is 581 g/mol. The van der Waals surface area contributed by atoms with Gasteiger partial charge in [0.2, 0.25) is 0 Å². The van der Waals surface area contributed by atoms with Gasteiger partial charge in [0.1, 0.15) is 0 Å². The van der Waals surface area contributed by atoms with Gasteiger partial charge >= 0.3 is 0 Å². The van der Waals surface area contributed by atoms with Gasteiger partial charge in [0.15, 0.2) is 0 Å². The Hall–Kier alpha value is -6.38. The molecule has 1 aromatic heterocycles. The van der Waals surface area contributed by atoms with Crippen molar-refractivity contribution in [2.24, 2.45) is 0 Å². The summed E-state index contributed by atoms with van der Waals surface area (Å²) in [6.07, 6.45) is 0. The second-order valence-corrected chi connectivity index (χ2v) is 11.8. The maximum absolute atomic E-state index is 8.50. The predicted molar refractivity (Wildman–Crippen MR) is 204 cm³/mol. The lowest BCUT2D eigenvalue weighted by Gasteiger charge is -2.27. The largest absolute Gasteiger partial charge is 0.310 e. The zero-order valence-electron chi connectivity index (χ0n) is 31.0. The van der Waals surface area contributed by atoms with Crippen molar-refractivity contribution in [3.05, 3.63) is 194 Å². The summed E-state index contributed by atoms with van der Waals surface area (Å²) in [5.41, 5.74) is 9.30. The van der Waals surface area contributed by atoms with E-state index >= 15 is 0 Å². The first-order valence-corrected chi connectivity index (χ1v) is 16.0. The lowest BCUT2D eigenvalue weighted by Crippen LogP contribution is -2.10. The number of hydrogen-bond donors (Lipinski definition) is 0. The van der Waals surface area contributed by atoms with Crippen LogP contribution in [0.2, 0.25) is 0 Å². The smallest absolute Gasteiger partial charge is 0.0629 e. The molecule has 0 aliphatic rings. The molecule has 0 unspecified atom stereocenters. The van der Waals surface area contributed by atoms with Crippen LogP contribution in [-0.2, 0) is 0 Å². The molecule has 0 spiro atoms. The van der Waals surface area contributed by atoms with Crippen LogP contribution in [0.25, 0.3) is 60.5 Å². The number of rotatable bonds is 6. The van der Waals surface area contributed by atoms with Crippen LogP contribution in [0.1, 0.15) is 6.85 Å². The third kappa shape index (κ3) is 4.74. The fourth-order valence-corrected chi connectivity index (χ4v) is 6.91. The summed E-state index contributed by atoms with van der Waals surface area (Å²) in [5, 5.41) is 4.60. The lowest BCUT2D eigenvalue weighted by molar-refractivity contribution is 1.18. The summed E-state index contributed by atoms with van der Waals surface area (Å²) < 4.78 is 43.7. The first-order chi connectivity index (χ1) is 25.9. The van der Waals surface area contributed by atoms with E-state index < -0.39 is 6.04 Å². The summed E-state index contributed by atoms with van der Waals surface area (Å²) in [4.78, 5) is 2.20. The van der Waals surface area contributed by atoms with Crippen LogP contribution in [0.3, 0.4) is 0 Å². The number of para-hydroxylation sites is 3. The van der Waals surface area contributed by atoms with Crippen molar-refractivity contribution in [2.45, 2.75) is 0 Å². The molecule has 0 N–H and O–H groups in total. The number of fused-ring (bicyclic) bond motifs is 4. The van der Waals surface area contributed by atoms with E-state index in [0.717, 1.165) is 50.2 Å². The second kappa shape index (κ2) is 11.8. The Morgan fingerprint density at radius 2 is 1.04 bits per heavy atom. The zero-order valence-corrected chi connectivity index (χ0v) is 26.0. The third-order valence-electron chi connectivity index (χ3n) is 9.07. The van der Waals surface area contributed by atoms with E-state index in [0.29, 0.717) is 5.56 Å². The molecule has 226 valence electrons. The molecule has 2 heteroatoms. The van der Waals surface area contributed by atoms with Crippen LogP contribution in [0.4, 0.5) is 17.1 Å². The van der Waals surface area contributed by atoms with E-state index in [1.165, 1.54) is 16.3 Å². The van der Waals surface area contributed by atoms with Gasteiger partial charge < -0.3 is 9.47 Å². The molecule has 0 saturated carbocycles. The van der Waals surface area contributed by atoms with Gasteiger partial charge in [-0.15, -0.1) is 0 Å². The third-order valence-corrected chi connectivity index (χ3v) is 9.07. The summed E-state index contributed by atoms with van der Waals surface area (Å²) in [7, 11) is 0. The molecule has 0 radical (unpaired) electrons. The summed E-state index contributed by atoms with van der Waals surface area (Å²) in [6, 6.07) is 54.9. The molecule has 2 nitrogen and oxygen atoms in total. The first-order valence-electron chi connectivity index (χ1n) is 18.5. The molecular formula is C46H32N2. The minimum Gasteiger partial charge on any atom is -0.310 e. The van der Waals surface area contributed by atoms with Crippen molar-refractivity contribution in [2.75, 3.05) is 4.90 Å². The average Bonchev–Trinajstić information content (AvgIpc) is 3.54. The van der Waals surface area contributed by atoms with Gasteiger partial charge in [-0.05, 0) is 88.3 Å². The van der Waals surface area contributed by atoms with Crippen molar-refractivity contribution in [1.29, 1.82) is 0 Å². The Kier molecular flexibility index (Phi) is 5.64. The number of benzene rings is 8. The highest BCUT2D eigenvalue weighted by Crippen LogP contribution is 2.42. The molecule has 0 saturated heterocycles. The topological polar surface area (TPSA) is 8.17 Å². The van der Waals surface area contributed by atoms with Crippen LogP contribution < -0.4 is 4.90 Å². The van der Waals surface area contributed by atoms with E-state index in [1.54, 1.807) is 0 Å². The van der Waals surface area contributed by atoms with Crippen molar-refractivity contribution in [3.8, 4) is 27.9 Å². The van der Waals surface area contributed by atoms with Gasteiger partial charge in [0, 0.05) is 33.2 Å². The van der Waals surface area contributed by atoms with Gasteiger partial charge in [-0.1, -0.05) is 133 Å². The van der Waals surface area contributed by atoms with E-state index in [1.807, 2.05) is 48.5 Å². The fourth-order valence-electron chi connectivity index (χ4n) is 6.91. The summed E-state index contributed by atoms with van der Waals surface area (Å²) in [6.45, 7) is 0. The van der Waals surface area contributed by atoms with Crippen molar-refractivity contribution >= 4 is 49.6 Å². The van der Waals surface area contributed by atoms with Gasteiger partial charge in [-0.25, -0.2) is 0 Å². The highest BCUT2D eigenvalue weighted by atomic mass is 15.1. The molecule has 8 aromatic carbocycles. The molecule has 48 heavy (non-hydrogen) atoms. The highest BCUT2D eigenvalue weighted by molar-refractivity contribution is 6.12. The molecule has 9 rings (SSSR count). The number of hydrogen-bond acceptors (Lipinski definition) is 1. The van der Waals surface area contributed by atoms with E-state index in [4.69, 9.17) is 6.85 Å². The average molecular weight is 618 g/mol. The molecule has 9 aromatic rings. The van der Waals surface area contributed by atoms with Gasteiger partial charge in [0.25, 0.3) is 0 Å². The Labute approximate surface area is 287 Å². The quantitative estimate of drug-likeness (QED) is 0.180. The van der Waals surface area contributed by atoms with Crippen LogP contribution in [0.15, 0.2) is 194 Å². The predicted octanol–water partition coefficient (Wildman–Crippen LogP) is 12.7. The SMILES string of the molecule is [2H]c1c([2H])c([2H])c(-c2ccc(N(c3ccccc3)c3cccc4c(-c5ccc6c(c5)c5ccccc5n6-c5ccccc5)cccc34)cc2)c([2H])c1[2H]. The second-order valence-electron chi connectivity index (χ2n) is 11.8.